The van der Waals surface area contributed by atoms with Crippen molar-refractivity contribution >= 4 is 27.4 Å². The average molecular weight is 279 g/mol. The minimum Gasteiger partial charge on any atom is -0.478 e. The van der Waals surface area contributed by atoms with E-state index in [9.17, 15) is 13.2 Å². The van der Waals surface area contributed by atoms with Crippen molar-refractivity contribution < 1.29 is 23.4 Å². The summed E-state index contributed by atoms with van der Waals surface area (Å²) in [6.07, 6.45) is 0.0793. The van der Waals surface area contributed by atoms with E-state index < -0.39 is 15.8 Å². The van der Waals surface area contributed by atoms with Gasteiger partial charge in [0.05, 0.1) is 21.2 Å². The Kier molecular flexibility index (Phi) is 4.50. The first-order valence-electron chi connectivity index (χ1n) is 4.75. The lowest BCUT2D eigenvalue weighted by atomic mass is 10.2. The Bertz CT molecular complexity index is 523. The number of carboxylic acids is 1. The predicted molar refractivity (Wildman–Crippen MR) is 62.2 cm³/mol. The van der Waals surface area contributed by atoms with Crippen molar-refractivity contribution in [3.63, 3.8) is 0 Å². The van der Waals surface area contributed by atoms with E-state index in [1.165, 1.54) is 12.1 Å². The molecule has 0 fully saturated rings. The van der Waals surface area contributed by atoms with E-state index in [1.807, 2.05) is 0 Å². The molecule has 0 saturated carbocycles. The fraction of sp³-hybridized carbons (Fsp3) is 0.300. The fourth-order valence-corrected chi connectivity index (χ4v) is 3.11. The van der Waals surface area contributed by atoms with Gasteiger partial charge in [-0.15, -0.1) is 0 Å². The van der Waals surface area contributed by atoms with Gasteiger partial charge < -0.3 is 10.2 Å². The first-order valence-corrected chi connectivity index (χ1v) is 6.78. The zero-order valence-corrected chi connectivity index (χ0v) is 10.3. The van der Waals surface area contributed by atoms with Gasteiger partial charge in [-0.1, -0.05) is 11.6 Å². The summed E-state index contributed by atoms with van der Waals surface area (Å²) in [5.41, 5.74) is -0.142. The Morgan fingerprint density at radius 2 is 2.00 bits per heavy atom. The number of hydrogen-bond acceptors (Lipinski definition) is 4. The second-order valence-corrected chi connectivity index (χ2v) is 5.83. The molecule has 0 heterocycles. The third-order valence-corrected chi connectivity index (χ3v) is 4.36. The zero-order valence-electron chi connectivity index (χ0n) is 8.76. The van der Waals surface area contributed by atoms with Crippen LogP contribution in [0.4, 0.5) is 0 Å². The Hall–Kier alpha value is -1.11. The van der Waals surface area contributed by atoms with Gasteiger partial charge in [-0.3, -0.25) is 0 Å². The topological polar surface area (TPSA) is 91.7 Å². The average Bonchev–Trinajstić information content (AvgIpc) is 2.26. The lowest BCUT2D eigenvalue weighted by Gasteiger charge is -2.06. The number of halogens is 1. The van der Waals surface area contributed by atoms with Crippen LogP contribution < -0.4 is 0 Å². The molecular weight excluding hydrogens is 268 g/mol. The predicted octanol–water partition coefficient (Wildman–Crippen LogP) is 1.19. The Morgan fingerprint density at radius 1 is 1.35 bits per heavy atom. The summed E-state index contributed by atoms with van der Waals surface area (Å²) in [5, 5.41) is 17.3. The maximum atomic E-state index is 11.8. The monoisotopic (exact) mass is 278 g/mol. The van der Waals surface area contributed by atoms with Crippen LogP contribution in [-0.4, -0.2) is 37.0 Å². The number of aromatic carboxylic acids is 1. The maximum Gasteiger partial charge on any atom is 0.335 e. The van der Waals surface area contributed by atoms with Crippen molar-refractivity contribution in [2.75, 3.05) is 12.4 Å². The quantitative estimate of drug-likeness (QED) is 0.844. The van der Waals surface area contributed by atoms with Crippen LogP contribution in [0.3, 0.4) is 0 Å². The standard InChI is InChI=1S/C10H11ClO5S/c11-8-3-2-7(10(13)14)6-9(8)17(15,16)5-1-4-12/h2-3,6,12H,1,4-5H2,(H,13,14). The van der Waals surface area contributed by atoms with Crippen molar-refractivity contribution in [2.24, 2.45) is 0 Å². The maximum absolute atomic E-state index is 11.8. The van der Waals surface area contributed by atoms with Crippen LogP contribution in [0.25, 0.3) is 0 Å². The van der Waals surface area contributed by atoms with Crippen LogP contribution in [0.15, 0.2) is 23.1 Å². The van der Waals surface area contributed by atoms with Gasteiger partial charge in [0.2, 0.25) is 0 Å². The fourth-order valence-electron chi connectivity index (χ4n) is 1.24. The normalized spacial score (nSPS) is 11.4. The van der Waals surface area contributed by atoms with Crippen molar-refractivity contribution in [2.45, 2.75) is 11.3 Å². The largest absolute Gasteiger partial charge is 0.478 e. The van der Waals surface area contributed by atoms with E-state index in [-0.39, 0.29) is 34.3 Å². The van der Waals surface area contributed by atoms with Gasteiger partial charge >= 0.3 is 5.97 Å². The number of sulfone groups is 1. The highest BCUT2D eigenvalue weighted by Crippen LogP contribution is 2.24. The van der Waals surface area contributed by atoms with E-state index in [0.29, 0.717) is 0 Å². The molecule has 0 unspecified atom stereocenters. The summed E-state index contributed by atoms with van der Waals surface area (Å²) in [7, 11) is -3.66. The molecule has 7 heteroatoms. The van der Waals surface area contributed by atoms with Gasteiger partial charge in [-0.2, -0.15) is 0 Å². The number of aliphatic hydroxyl groups excluding tert-OH is 1. The van der Waals surface area contributed by atoms with E-state index >= 15 is 0 Å². The summed E-state index contributed by atoms with van der Waals surface area (Å²) in [6, 6.07) is 3.49. The molecule has 0 spiro atoms. The molecule has 17 heavy (non-hydrogen) atoms. The van der Waals surface area contributed by atoms with Crippen LogP contribution in [0.2, 0.25) is 5.02 Å². The Labute approximate surface area is 104 Å². The number of carbonyl (C=O) groups is 1. The molecule has 2 N–H and O–H groups in total. The van der Waals surface area contributed by atoms with Crippen molar-refractivity contribution in [1.82, 2.24) is 0 Å². The Morgan fingerprint density at radius 3 is 2.53 bits per heavy atom. The van der Waals surface area contributed by atoms with Crippen LogP contribution in [0.1, 0.15) is 16.8 Å². The zero-order chi connectivity index (χ0) is 13.1. The van der Waals surface area contributed by atoms with E-state index in [2.05, 4.69) is 0 Å². The van der Waals surface area contributed by atoms with Crippen molar-refractivity contribution in [3.05, 3.63) is 28.8 Å². The molecule has 0 atom stereocenters. The summed E-state index contributed by atoms with van der Waals surface area (Å²) in [5.74, 6) is -1.49. The van der Waals surface area contributed by atoms with Crippen molar-refractivity contribution in [1.29, 1.82) is 0 Å². The number of hydrogen-bond donors (Lipinski definition) is 2. The molecule has 94 valence electrons. The smallest absolute Gasteiger partial charge is 0.335 e. The molecule has 0 aliphatic carbocycles. The first-order chi connectivity index (χ1) is 7.88. The lowest BCUT2D eigenvalue weighted by Crippen LogP contribution is -2.10. The van der Waals surface area contributed by atoms with Gasteiger partial charge in [-0.05, 0) is 24.6 Å². The molecule has 0 aliphatic rings. The summed E-state index contributed by atoms with van der Waals surface area (Å²) < 4.78 is 23.6. The van der Waals surface area contributed by atoms with Gasteiger partial charge in [0.25, 0.3) is 0 Å². The molecule has 0 saturated heterocycles. The number of benzene rings is 1. The van der Waals surface area contributed by atoms with E-state index in [4.69, 9.17) is 21.8 Å². The second kappa shape index (κ2) is 5.48. The molecule has 5 nitrogen and oxygen atoms in total. The molecule has 0 bridgehead atoms. The van der Waals surface area contributed by atoms with Gasteiger partial charge in [-0.25, -0.2) is 13.2 Å². The lowest BCUT2D eigenvalue weighted by molar-refractivity contribution is 0.0696. The summed E-state index contributed by atoms with van der Waals surface area (Å²) in [4.78, 5) is 10.5. The number of carboxylic acid groups (broad SMARTS) is 1. The van der Waals surface area contributed by atoms with Gasteiger partial charge in [0, 0.05) is 6.61 Å². The highest BCUT2D eigenvalue weighted by Gasteiger charge is 2.19. The van der Waals surface area contributed by atoms with Crippen LogP contribution >= 0.6 is 11.6 Å². The Balaban J connectivity index is 3.20. The number of aliphatic hydroxyl groups is 1. The minimum absolute atomic E-state index is 0.0204. The second-order valence-electron chi connectivity index (χ2n) is 3.35. The van der Waals surface area contributed by atoms with Crippen LogP contribution in [0, 0.1) is 0 Å². The molecule has 1 aromatic carbocycles. The van der Waals surface area contributed by atoms with Crippen LogP contribution in [-0.2, 0) is 9.84 Å². The molecule has 0 radical (unpaired) electrons. The summed E-state index contributed by atoms with van der Waals surface area (Å²) in [6.45, 7) is -0.254. The molecular formula is C10H11ClO5S. The molecule has 0 aliphatic heterocycles. The van der Waals surface area contributed by atoms with Crippen LogP contribution in [0.5, 0.6) is 0 Å². The third kappa shape index (κ3) is 3.42. The SMILES string of the molecule is O=C(O)c1ccc(Cl)c(S(=O)(=O)CCCO)c1. The van der Waals surface area contributed by atoms with Gasteiger partial charge in [0.15, 0.2) is 9.84 Å². The highest BCUT2D eigenvalue weighted by atomic mass is 35.5. The summed E-state index contributed by atoms with van der Waals surface area (Å²) >= 11 is 5.73. The van der Waals surface area contributed by atoms with Crippen molar-refractivity contribution in [3.8, 4) is 0 Å². The minimum atomic E-state index is -3.66. The molecule has 0 amide bonds. The third-order valence-electron chi connectivity index (χ3n) is 2.08. The molecule has 1 aromatic rings. The molecule has 0 aromatic heterocycles. The van der Waals surface area contributed by atoms with E-state index in [0.717, 1.165) is 6.07 Å². The molecule has 1 rings (SSSR count). The highest BCUT2D eigenvalue weighted by molar-refractivity contribution is 7.91. The van der Waals surface area contributed by atoms with E-state index in [1.54, 1.807) is 0 Å². The number of rotatable bonds is 5. The first kappa shape index (κ1) is 14.0. The van der Waals surface area contributed by atoms with Gasteiger partial charge in [0.1, 0.15) is 0 Å².